The molecule has 9 heteroatoms. The van der Waals surface area contributed by atoms with Gasteiger partial charge in [0.05, 0.1) is 10.7 Å². The minimum absolute atomic E-state index is 0.170. The number of H-pyrrole nitrogens is 1. The van der Waals surface area contributed by atoms with E-state index in [4.69, 9.17) is 49.6 Å². The second kappa shape index (κ2) is 7.19. The summed E-state index contributed by atoms with van der Waals surface area (Å²) in [5.74, 6) is 2.49. The Labute approximate surface area is 164 Å². The molecule has 2 heterocycles. The van der Waals surface area contributed by atoms with Gasteiger partial charge in [-0.3, -0.25) is 9.67 Å². The highest BCUT2D eigenvalue weighted by Crippen LogP contribution is 2.33. The summed E-state index contributed by atoms with van der Waals surface area (Å²) in [7, 11) is 0. The largest absolute Gasteiger partial charge is 0.486 e. The highest BCUT2D eigenvalue weighted by Gasteiger charge is 2.16. The Kier molecular flexibility index (Phi) is 4.76. The number of hydrogen-bond donors (Lipinski definition) is 1. The van der Waals surface area contributed by atoms with Gasteiger partial charge >= 0.3 is 0 Å². The van der Waals surface area contributed by atoms with Crippen molar-refractivity contribution in [1.82, 2.24) is 14.8 Å². The molecule has 0 spiro atoms. The molecule has 2 aromatic carbocycles. The lowest BCUT2D eigenvalue weighted by molar-refractivity contribution is 0.171. The molecule has 134 valence electrons. The average Bonchev–Trinajstić information content (AvgIpc) is 3.01. The molecule has 1 N–H and O–H groups in total. The van der Waals surface area contributed by atoms with E-state index in [1.807, 2.05) is 18.2 Å². The van der Waals surface area contributed by atoms with Crippen molar-refractivity contribution in [3.63, 3.8) is 0 Å². The molecule has 0 saturated carbocycles. The maximum Gasteiger partial charge on any atom is 0.199 e. The fraction of sp³-hybridized carbons (Fsp3) is 0.176. The van der Waals surface area contributed by atoms with E-state index in [9.17, 15) is 0 Å². The second-order valence-corrected chi connectivity index (χ2v) is 6.70. The van der Waals surface area contributed by atoms with Crippen LogP contribution in [0.25, 0.3) is 5.69 Å². The summed E-state index contributed by atoms with van der Waals surface area (Å²) in [5, 5.41) is 8.00. The van der Waals surface area contributed by atoms with Crippen LogP contribution in [0.4, 0.5) is 0 Å². The number of halogens is 2. The molecule has 1 aromatic heterocycles. The number of aromatic nitrogens is 3. The van der Waals surface area contributed by atoms with E-state index < -0.39 is 0 Å². The molecule has 3 aromatic rings. The van der Waals surface area contributed by atoms with Crippen LogP contribution < -0.4 is 14.2 Å². The molecule has 1 aliphatic rings. The molecule has 0 bridgehead atoms. The Hall–Kier alpha value is -2.22. The number of benzene rings is 2. The number of fused-ring (bicyclic) bond motifs is 1. The summed E-state index contributed by atoms with van der Waals surface area (Å²) < 4.78 is 19.2. The first kappa shape index (κ1) is 17.2. The third-order valence-corrected chi connectivity index (χ3v) is 4.58. The van der Waals surface area contributed by atoms with Crippen LogP contribution in [0.2, 0.25) is 10.0 Å². The minimum atomic E-state index is 0.170. The van der Waals surface area contributed by atoms with E-state index >= 15 is 0 Å². The van der Waals surface area contributed by atoms with Crippen molar-refractivity contribution >= 4 is 35.4 Å². The molecule has 26 heavy (non-hydrogen) atoms. The lowest BCUT2D eigenvalue weighted by Gasteiger charge is -2.19. The van der Waals surface area contributed by atoms with Gasteiger partial charge in [0.1, 0.15) is 25.6 Å². The summed E-state index contributed by atoms with van der Waals surface area (Å²) in [6.07, 6.45) is 0. The molecule has 0 amide bonds. The fourth-order valence-electron chi connectivity index (χ4n) is 2.60. The van der Waals surface area contributed by atoms with Crippen LogP contribution in [0.5, 0.6) is 17.2 Å². The number of ether oxygens (including phenoxy) is 3. The smallest absolute Gasteiger partial charge is 0.199 e. The Morgan fingerprint density at radius 3 is 2.73 bits per heavy atom. The summed E-state index contributed by atoms with van der Waals surface area (Å²) in [5.41, 5.74) is 0.800. The van der Waals surface area contributed by atoms with Gasteiger partial charge in [0, 0.05) is 11.1 Å². The average molecular weight is 410 g/mol. The molecule has 6 nitrogen and oxygen atoms in total. The van der Waals surface area contributed by atoms with Crippen LogP contribution >= 0.6 is 35.4 Å². The van der Waals surface area contributed by atoms with E-state index in [0.717, 1.165) is 5.69 Å². The Morgan fingerprint density at radius 2 is 1.92 bits per heavy atom. The van der Waals surface area contributed by atoms with Gasteiger partial charge in [-0.25, -0.2) is 0 Å². The number of hydrogen-bond acceptors (Lipinski definition) is 5. The zero-order chi connectivity index (χ0) is 18.1. The van der Waals surface area contributed by atoms with E-state index in [-0.39, 0.29) is 6.61 Å². The third kappa shape index (κ3) is 3.38. The second-order valence-electron chi connectivity index (χ2n) is 5.47. The maximum atomic E-state index is 6.14. The zero-order valence-electron chi connectivity index (χ0n) is 13.4. The van der Waals surface area contributed by atoms with Crippen molar-refractivity contribution < 1.29 is 14.2 Å². The molecular formula is C17H13Cl2N3O3S. The van der Waals surface area contributed by atoms with Crippen molar-refractivity contribution in [2.24, 2.45) is 0 Å². The number of rotatable bonds is 4. The Morgan fingerprint density at radius 1 is 1.12 bits per heavy atom. The summed E-state index contributed by atoms with van der Waals surface area (Å²) in [6.45, 7) is 1.22. The van der Waals surface area contributed by atoms with E-state index in [1.54, 1.807) is 22.8 Å². The van der Waals surface area contributed by atoms with Gasteiger partial charge in [-0.1, -0.05) is 23.2 Å². The van der Waals surface area contributed by atoms with Crippen LogP contribution in [-0.2, 0) is 6.61 Å². The molecule has 0 fully saturated rings. The van der Waals surface area contributed by atoms with Crippen LogP contribution in [0.15, 0.2) is 36.4 Å². The van der Waals surface area contributed by atoms with Crippen LogP contribution in [0, 0.1) is 4.77 Å². The molecule has 0 aliphatic carbocycles. The van der Waals surface area contributed by atoms with Crippen molar-refractivity contribution in [2.45, 2.75) is 6.61 Å². The number of aromatic amines is 1. The van der Waals surface area contributed by atoms with Crippen LogP contribution in [0.3, 0.4) is 0 Å². The quantitative estimate of drug-likeness (QED) is 0.638. The summed E-state index contributed by atoms with van der Waals surface area (Å²) in [6, 6.07) is 10.6. The molecular weight excluding hydrogens is 397 g/mol. The summed E-state index contributed by atoms with van der Waals surface area (Å²) >= 11 is 17.4. The first-order valence-corrected chi connectivity index (χ1v) is 8.92. The molecule has 1 aliphatic heterocycles. The van der Waals surface area contributed by atoms with Crippen LogP contribution in [0.1, 0.15) is 5.82 Å². The lowest BCUT2D eigenvalue weighted by atomic mass is 10.2. The van der Waals surface area contributed by atoms with Crippen molar-refractivity contribution in [3.8, 4) is 22.9 Å². The van der Waals surface area contributed by atoms with E-state index in [1.165, 1.54) is 0 Å². The standard InChI is InChI=1S/C17H13Cl2N3O3S/c18-10-1-3-13(12(19)7-10)25-9-16-20-21-17(26)22(16)11-2-4-14-15(8-11)24-6-5-23-14/h1-4,7-8H,5-6,9H2,(H,21,26). The predicted molar refractivity (Wildman–Crippen MR) is 101 cm³/mol. The molecule has 0 unspecified atom stereocenters. The Balaban J connectivity index is 1.62. The SMILES string of the molecule is S=c1[nH]nc(COc2ccc(Cl)cc2Cl)n1-c1ccc2c(c1)OCCO2. The van der Waals surface area contributed by atoms with Crippen molar-refractivity contribution in [2.75, 3.05) is 13.2 Å². The zero-order valence-corrected chi connectivity index (χ0v) is 15.7. The van der Waals surface area contributed by atoms with Gasteiger partial charge < -0.3 is 14.2 Å². The normalized spacial score (nSPS) is 12.8. The highest BCUT2D eigenvalue weighted by atomic mass is 35.5. The predicted octanol–water partition coefficient (Wildman–Crippen LogP) is 4.59. The van der Waals surface area contributed by atoms with Gasteiger partial charge in [0.15, 0.2) is 22.1 Å². The fourth-order valence-corrected chi connectivity index (χ4v) is 3.32. The summed E-state index contributed by atoms with van der Waals surface area (Å²) in [4.78, 5) is 0. The van der Waals surface area contributed by atoms with Crippen LogP contribution in [-0.4, -0.2) is 28.0 Å². The lowest BCUT2D eigenvalue weighted by Crippen LogP contribution is -2.15. The minimum Gasteiger partial charge on any atom is -0.486 e. The first-order valence-electron chi connectivity index (χ1n) is 7.76. The monoisotopic (exact) mass is 409 g/mol. The topological polar surface area (TPSA) is 61.3 Å². The van der Waals surface area contributed by atoms with E-state index in [2.05, 4.69) is 10.2 Å². The third-order valence-electron chi connectivity index (χ3n) is 3.78. The number of nitrogens with one attached hydrogen (secondary N) is 1. The first-order chi connectivity index (χ1) is 12.6. The molecule has 0 radical (unpaired) electrons. The van der Waals surface area contributed by atoms with Crippen molar-refractivity contribution in [3.05, 3.63) is 57.0 Å². The molecule has 4 rings (SSSR count). The van der Waals surface area contributed by atoms with Gasteiger partial charge in [-0.2, -0.15) is 5.10 Å². The Bertz CT molecular complexity index is 1020. The number of nitrogens with zero attached hydrogens (tertiary/aromatic N) is 2. The van der Waals surface area contributed by atoms with Gasteiger partial charge in [0.25, 0.3) is 0 Å². The molecule has 0 atom stereocenters. The van der Waals surface area contributed by atoms with Crippen molar-refractivity contribution in [1.29, 1.82) is 0 Å². The van der Waals surface area contributed by atoms with Gasteiger partial charge in [0.2, 0.25) is 0 Å². The van der Waals surface area contributed by atoms with Gasteiger partial charge in [-0.05, 0) is 42.5 Å². The highest BCUT2D eigenvalue weighted by molar-refractivity contribution is 7.71. The van der Waals surface area contributed by atoms with E-state index in [0.29, 0.717) is 51.1 Å². The van der Waals surface area contributed by atoms with Gasteiger partial charge in [-0.15, -0.1) is 0 Å². The molecule has 0 saturated heterocycles. The maximum absolute atomic E-state index is 6.14.